The lowest BCUT2D eigenvalue weighted by molar-refractivity contribution is 0.0925. The molecule has 1 aliphatic carbocycles. The molecule has 0 unspecified atom stereocenters. The van der Waals surface area contributed by atoms with Gasteiger partial charge in [-0.15, -0.1) is 0 Å². The highest BCUT2D eigenvalue weighted by atomic mass is 16.2. The highest BCUT2D eigenvalue weighted by Gasteiger charge is 2.19. The van der Waals surface area contributed by atoms with Crippen LogP contribution in [-0.2, 0) is 0 Å². The van der Waals surface area contributed by atoms with E-state index in [1.54, 1.807) is 54.7 Å². The first-order valence-corrected chi connectivity index (χ1v) is 10.6. The standard InChI is InChI=1S/C25H25N3O3/c29-23(18-8-3-1-4-9-18)26-20-13-15-21(16-14-20)28-17-7-12-22(25(28)31)24(30)27-19-10-5-2-6-11-19/h1,3-4,7-9,12-17,19H,2,5-6,10-11H2,(H,26,29)(H,27,30). The lowest BCUT2D eigenvalue weighted by atomic mass is 9.95. The summed E-state index contributed by atoms with van der Waals surface area (Å²) in [7, 11) is 0. The molecule has 3 aromatic rings. The molecular formula is C25H25N3O3. The monoisotopic (exact) mass is 415 g/mol. The highest BCUT2D eigenvalue weighted by Crippen LogP contribution is 2.18. The number of hydrogen-bond donors (Lipinski definition) is 2. The van der Waals surface area contributed by atoms with Crippen molar-refractivity contribution < 1.29 is 9.59 Å². The Labute approximate surface area is 180 Å². The van der Waals surface area contributed by atoms with Gasteiger partial charge in [-0.2, -0.15) is 0 Å². The molecule has 31 heavy (non-hydrogen) atoms. The molecule has 2 amide bonds. The normalized spacial score (nSPS) is 14.1. The SMILES string of the molecule is O=C(Nc1ccc(-n2cccc(C(=O)NC3CCCCC3)c2=O)cc1)c1ccccc1. The van der Waals surface area contributed by atoms with E-state index in [9.17, 15) is 14.4 Å². The average molecular weight is 415 g/mol. The van der Waals surface area contributed by atoms with Crippen molar-refractivity contribution >= 4 is 17.5 Å². The minimum absolute atomic E-state index is 0.134. The summed E-state index contributed by atoms with van der Waals surface area (Å²) in [4.78, 5) is 37.9. The number of amides is 2. The van der Waals surface area contributed by atoms with Gasteiger partial charge in [0.05, 0.1) is 0 Å². The number of benzene rings is 2. The maximum atomic E-state index is 12.9. The van der Waals surface area contributed by atoms with Crippen LogP contribution in [-0.4, -0.2) is 22.4 Å². The van der Waals surface area contributed by atoms with E-state index in [-0.39, 0.29) is 29.0 Å². The lowest BCUT2D eigenvalue weighted by Crippen LogP contribution is -2.39. The van der Waals surface area contributed by atoms with Crippen molar-refractivity contribution in [3.63, 3.8) is 0 Å². The molecule has 158 valence electrons. The summed E-state index contributed by atoms with van der Waals surface area (Å²) in [6, 6.07) is 19.3. The van der Waals surface area contributed by atoms with Crippen LogP contribution in [0.2, 0.25) is 0 Å². The fourth-order valence-electron chi connectivity index (χ4n) is 3.88. The Kier molecular flexibility index (Phi) is 6.26. The summed E-state index contributed by atoms with van der Waals surface area (Å²) in [5.41, 5.74) is 1.58. The van der Waals surface area contributed by atoms with Gasteiger partial charge in [0.1, 0.15) is 5.56 Å². The van der Waals surface area contributed by atoms with E-state index in [0.29, 0.717) is 16.9 Å². The molecule has 1 heterocycles. The second kappa shape index (κ2) is 9.43. The maximum Gasteiger partial charge on any atom is 0.267 e. The number of aromatic nitrogens is 1. The Morgan fingerprint density at radius 1 is 0.806 bits per heavy atom. The van der Waals surface area contributed by atoms with E-state index in [2.05, 4.69) is 10.6 Å². The molecule has 2 N–H and O–H groups in total. The smallest absolute Gasteiger partial charge is 0.267 e. The van der Waals surface area contributed by atoms with Crippen LogP contribution in [0.1, 0.15) is 52.8 Å². The zero-order chi connectivity index (χ0) is 21.6. The van der Waals surface area contributed by atoms with Crippen molar-refractivity contribution in [1.82, 2.24) is 9.88 Å². The van der Waals surface area contributed by atoms with Crippen molar-refractivity contribution in [2.75, 3.05) is 5.32 Å². The number of hydrogen-bond acceptors (Lipinski definition) is 3. The molecule has 1 saturated carbocycles. The second-order valence-corrected chi connectivity index (χ2v) is 7.77. The Bertz CT molecular complexity index is 1110. The van der Waals surface area contributed by atoms with Gasteiger partial charge in [0.15, 0.2) is 0 Å². The number of pyridine rings is 1. The molecule has 0 spiro atoms. The van der Waals surface area contributed by atoms with E-state index in [1.807, 2.05) is 18.2 Å². The van der Waals surface area contributed by atoms with E-state index < -0.39 is 0 Å². The van der Waals surface area contributed by atoms with Crippen molar-refractivity contribution in [3.05, 3.63) is 94.4 Å². The molecule has 1 aromatic heterocycles. The van der Waals surface area contributed by atoms with Gasteiger partial charge in [-0.05, 0) is 61.4 Å². The molecule has 2 aromatic carbocycles. The number of carbonyl (C=O) groups excluding carboxylic acids is 2. The summed E-state index contributed by atoms with van der Waals surface area (Å²) >= 11 is 0. The van der Waals surface area contributed by atoms with Crippen molar-refractivity contribution in [1.29, 1.82) is 0 Å². The number of rotatable bonds is 5. The molecular weight excluding hydrogens is 390 g/mol. The zero-order valence-electron chi connectivity index (χ0n) is 17.2. The van der Waals surface area contributed by atoms with Gasteiger partial charge < -0.3 is 10.6 Å². The van der Waals surface area contributed by atoms with Crippen molar-refractivity contribution in [2.24, 2.45) is 0 Å². The summed E-state index contributed by atoms with van der Waals surface area (Å²) in [5.74, 6) is -0.523. The third-order valence-corrected chi connectivity index (χ3v) is 5.57. The van der Waals surface area contributed by atoms with E-state index in [1.165, 1.54) is 11.0 Å². The predicted molar refractivity (Wildman–Crippen MR) is 121 cm³/mol. The molecule has 0 radical (unpaired) electrons. The average Bonchev–Trinajstić information content (AvgIpc) is 2.81. The van der Waals surface area contributed by atoms with Crippen LogP contribution >= 0.6 is 0 Å². The topological polar surface area (TPSA) is 80.2 Å². The van der Waals surface area contributed by atoms with Gasteiger partial charge in [0.25, 0.3) is 17.4 Å². The lowest BCUT2D eigenvalue weighted by Gasteiger charge is -2.22. The van der Waals surface area contributed by atoms with Crippen molar-refractivity contribution in [3.8, 4) is 5.69 Å². The largest absolute Gasteiger partial charge is 0.349 e. The summed E-state index contributed by atoms with van der Waals surface area (Å²) in [6.07, 6.45) is 6.98. The van der Waals surface area contributed by atoms with Crippen LogP contribution in [0.4, 0.5) is 5.69 Å². The number of carbonyl (C=O) groups is 2. The molecule has 0 saturated heterocycles. The maximum absolute atomic E-state index is 12.9. The van der Waals surface area contributed by atoms with Gasteiger partial charge in [-0.3, -0.25) is 19.0 Å². The van der Waals surface area contributed by atoms with Crippen LogP contribution in [0, 0.1) is 0 Å². The van der Waals surface area contributed by atoms with Crippen LogP contribution in [0.5, 0.6) is 0 Å². The fraction of sp³-hybridized carbons (Fsp3) is 0.240. The molecule has 6 heteroatoms. The van der Waals surface area contributed by atoms with Gasteiger partial charge in [-0.1, -0.05) is 37.5 Å². The van der Waals surface area contributed by atoms with E-state index in [0.717, 1.165) is 25.7 Å². The molecule has 0 bridgehead atoms. The van der Waals surface area contributed by atoms with Crippen LogP contribution in [0.25, 0.3) is 5.69 Å². The number of anilines is 1. The molecule has 1 fully saturated rings. The Morgan fingerprint density at radius 3 is 2.23 bits per heavy atom. The molecule has 1 aliphatic rings. The molecule has 6 nitrogen and oxygen atoms in total. The highest BCUT2D eigenvalue weighted by molar-refractivity contribution is 6.04. The molecule has 0 aliphatic heterocycles. The Morgan fingerprint density at radius 2 is 1.52 bits per heavy atom. The Hall–Kier alpha value is -3.67. The minimum atomic E-state index is -0.364. The summed E-state index contributed by atoms with van der Waals surface area (Å²) in [5, 5.41) is 5.84. The van der Waals surface area contributed by atoms with Crippen molar-refractivity contribution in [2.45, 2.75) is 38.1 Å². The first-order valence-electron chi connectivity index (χ1n) is 10.6. The summed E-state index contributed by atoms with van der Waals surface area (Å²) < 4.78 is 1.44. The first-order chi connectivity index (χ1) is 15.1. The zero-order valence-corrected chi connectivity index (χ0v) is 17.2. The van der Waals surface area contributed by atoms with E-state index >= 15 is 0 Å². The van der Waals surface area contributed by atoms with Crippen LogP contribution in [0.15, 0.2) is 77.7 Å². The van der Waals surface area contributed by atoms with Gasteiger partial charge in [-0.25, -0.2) is 0 Å². The fourth-order valence-corrected chi connectivity index (χ4v) is 3.88. The van der Waals surface area contributed by atoms with Gasteiger partial charge >= 0.3 is 0 Å². The van der Waals surface area contributed by atoms with Crippen LogP contribution in [0.3, 0.4) is 0 Å². The molecule has 0 atom stereocenters. The third kappa shape index (κ3) is 4.91. The first kappa shape index (κ1) is 20.6. The van der Waals surface area contributed by atoms with E-state index in [4.69, 9.17) is 0 Å². The van der Waals surface area contributed by atoms with Gasteiger partial charge in [0.2, 0.25) is 0 Å². The quantitative estimate of drug-likeness (QED) is 0.657. The minimum Gasteiger partial charge on any atom is -0.349 e. The third-order valence-electron chi connectivity index (χ3n) is 5.57. The number of nitrogens with zero attached hydrogens (tertiary/aromatic N) is 1. The van der Waals surface area contributed by atoms with Gasteiger partial charge in [0, 0.05) is 29.2 Å². The second-order valence-electron chi connectivity index (χ2n) is 7.77. The molecule has 4 rings (SSSR count). The van der Waals surface area contributed by atoms with Crippen LogP contribution < -0.4 is 16.2 Å². The summed E-state index contributed by atoms with van der Waals surface area (Å²) in [6.45, 7) is 0. The predicted octanol–water partition coefficient (Wildman–Crippen LogP) is 4.15. The Balaban J connectivity index is 1.49. The number of nitrogens with one attached hydrogen (secondary N) is 2.